The number of hydrogen-bond acceptors (Lipinski definition) is 3. The summed E-state index contributed by atoms with van der Waals surface area (Å²) < 4.78 is 7.49. The molecule has 3 rings (SSSR count). The van der Waals surface area contributed by atoms with E-state index in [9.17, 15) is 0 Å². The Kier molecular flexibility index (Phi) is 2.60. The lowest BCUT2D eigenvalue weighted by molar-refractivity contribution is 0.534. The topological polar surface area (TPSA) is 54.8 Å². The van der Waals surface area contributed by atoms with Gasteiger partial charge in [0.15, 0.2) is 0 Å². The van der Waals surface area contributed by atoms with E-state index in [-0.39, 0.29) is 0 Å². The summed E-state index contributed by atoms with van der Waals surface area (Å²) in [6.45, 7) is 4.83. The third-order valence-electron chi connectivity index (χ3n) is 3.29. The molecule has 1 aromatic carbocycles. The van der Waals surface area contributed by atoms with Crippen LogP contribution in [0.5, 0.6) is 0 Å². The first kappa shape index (κ1) is 11.5. The summed E-state index contributed by atoms with van der Waals surface area (Å²) in [7, 11) is 0. The number of rotatable bonds is 2. The molecule has 0 saturated carbocycles. The molecule has 2 heterocycles. The standard InChI is InChI=1S/C15H13N3O/c1-3-18-14-5-4-11(9-16)8-13(14)17-15(18)12-6-7-19-10(12)2/h4-8H,3H2,1-2H3. The first-order valence-corrected chi connectivity index (χ1v) is 6.19. The van der Waals surface area contributed by atoms with Gasteiger partial charge in [0.1, 0.15) is 11.6 Å². The molecule has 4 heteroatoms. The molecule has 0 aliphatic rings. The first-order chi connectivity index (χ1) is 9.24. The molecule has 0 atom stereocenters. The minimum Gasteiger partial charge on any atom is -0.469 e. The highest BCUT2D eigenvalue weighted by Crippen LogP contribution is 2.28. The maximum atomic E-state index is 8.96. The number of benzene rings is 1. The van der Waals surface area contributed by atoms with Crippen LogP contribution in [0.2, 0.25) is 0 Å². The average Bonchev–Trinajstić information content (AvgIpc) is 3.00. The SMILES string of the molecule is CCn1c(-c2ccoc2C)nc2cc(C#N)ccc21. The highest BCUT2D eigenvalue weighted by Gasteiger charge is 2.15. The molecular weight excluding hydrogens is 238 g/mol. The lowest BCUT2D eigenvalue weighted by Gasteiger charge is -2.04. The van der Waals surface area contributed by atoms with Gasteiger partial charge in [0.05, 0.1) is 34.5 Å². The number of hydrogen-bond donors (Lipinski definition) is 0. The van der Waals surface area contributed by atoms with Crippen LogP contribution >= 0.6 is 0 Å². The molecule has 0 spiro atoms. The van der Waals surface area contributed by atoms with Gasteiger partial charge in [-0.25, -0.2) is 4.98 Å². The van der Waals surface area contributed by atoms with E-state index in [4.69, 9.17) is 9.68 Å². The van der Waals surface area contributed by atoms with Crippen LogP contribution < -0.4 is 0 Å². The number of nitriles is 1. The van der Waals surface area contributed by atoms with Crippen LogP contribution in [-0.2, 0) is 6.54 Å². The van der Waals surface area contributed by atoms with Crippen molar-refractivity contribution in [1.82, 2.24) is 9.55 Å². The molecule has 3 aromatic rings. The third-order valence-corrected chi connectivity index (χ3v) is 3.29. The number of imidazole rings is 1. The largest absolute Gasteiger partial charge is 0.469 e. The molecule has 0 aliphatic heterocycles. The van der Waals surface area contributed by atoms with Gasteiger partial charge < -0.3 is 8.98 Å². The van der Waals surface area contributed by atoms with E-state index < -0.39 is 0 Å². The van der Waals surface area contributed by atoms with Crippen LogP contribution in [0.15, 0.2) is 34.9 Å². The Labute approximate surface area is 110 Å². The van der Waals surface area contributed by atoms with Gasteiger partial charge in [0, 0.05) is 6.54 Å². The molecule has 0 radical (unpaired) electrons. The van der Waals surface area contributed by atoms with Gasteiger partial charge in [-0.3, -0.25) is 0 Å². The number of aryl methyl sites for hydroxylation is 2. The van der Waals surface area contributed by atoms with Crippen LogP contribution in [-0.4, -0.2) is 9.55 Å². The normalized spacial score (nSPS) is 10.8. The van der Waals surface area contributed by atoms with Crippen molar-refractivity contribution in [2.24, 2.45) is 0 Å². The molecule has 0 bridgehead atoms. The van der Waals surface area contributed by atoms with Gasteiger partial charge in [-0.1, -0.05) is 0 Å². The van der Waals surface area contributed by atoms with Crippen LogP contribution in [0, 0.1) is 18.3 Å². The summed E-state index contributed by atoms with van der Waals surface area (Å²) in [4.78, 5) is 4.65. The molecular formula is C15H13N3O. The van der Waals surface area contributed by atoms with Gasteiger partial charge in [-0.2, -0.15) is 5.26 Å². The predicted molar refractivity (Wildman–Crippen MR) is 72.6 cm³/mol. The molecule has 94 valence electrons. The monoisotopic (exact) mass is 251 g/mol. The van der Waals surface area contributed by atoms with E-state index in [1.54, 1.807) is 6.26 Å². The molecule has 0 aliphatic carbocycles. The Morgan fingerprint density at radius 1 is 1.37 bits per heavy atom. The molecule has 0 unspecified atom stereocenters. The second kappa shape index (κ2) is 4.29. The maximum absolute atomic E-state index is 8.96. The second-order valence-electron chi connectivity index (χ2n) is 4.39. The fourth-order valence-corrected chi connectivity index (χ4v) is 2.34. The lowest BCUT2D eigenvalue weighted by Crippen LogP contribution is -1.97. The molecule has 0 saturated heterocycles. The van der Waals surface area contributed by atoms with E-state index >= 15 is 0 Å². The van der Waals surface area contributed by atoms with Gasteiger partial charge in [-0.15, -0.1) is 0 Å². The van der Waals surface area contributed by atoms with Crippen molar-refractivity contribution in [3.8, 4) is 17.5 Å². The van der Waals surface area contributed by atoms with E-state index in [1.165, 1.54) is 0 Å². The zero-order chi connectivity index (χ0) is 13.4. The Balaban J connectivity index is 2.31. The van der Waals surface area contributed by atoms with E-state index in [2.05, 4.69) is 22.5 Å². The summed E-state index contributed by atoms with van der Waals surface area (Å²) in [6.07, 6.45) is 1.67. The summed E-state index contributed by atoms with van der Waals surface area (Å²) >= 11 is 0. The highest BCUT2D eigenvalue weighted by molar-refractivity contribution is 5.82. The Morgan fingerprint density at radius 2 is 2.21 bits per heavy atom. The van der Waals surface area contributed by atoms with E-state index in [0.29, 0.717) is 5.56 Å². The van der Waals surface area contributed by atoms with Crippen molar-refractivity contribution in [3.63, 3.8) is 0 Å². The van der Waals surface area contributed by atoms with Gasteiger partial charge >= 0.3 is 0 Å². The van der Waals surface area contributed by atoms with Crippen LogP contribution in [0.4, 0.5) is 0 Å². The number of aromatic nitrogens is 2. The predicted octanol–water partition coefficient (Wildman–Crippen LogP) is 3.50. The summed E-state index contributed by atoms with van der Waals surface area (Å²) in [5.41, 5.74) is 3.51. The van der Waals surface area contributed by atoms with Crippen LogP contribution in [0.3, 0.4) is 0 Å². The van der Waals surface area contributed by atoms with E-state index in [0.717, 1.165) is 34.7 Å². The van der Waals surface area contributed by atoms with Crippen molar-refractivity contribution in [1.29, 1.82) is 5.26 Å². The minimum atomic E-state index is 0.628. The number of fused-ring (bicyclic) bond motifs is 1. The molecule has 0 fully saturated rings. The average molecular weight is 251 g/mol. The van der Waals surface area contributed by atoms with Gasteiger partial charge in [0.25, 0.3) is 0 Å². The Morgan fingerprint density at radius 3 is 2.84 bits per heavy atom. The quantitative estimate of drug-likeness (QED) is 0.700. The van der Waals surface area contributed by atoms with Crippen molar-refractivity contribution in [2.45, 2.75) is 20.4 Å². The lowest BCUT2D eigenvalue weighted by atomic mass is 10.2. The van der Waals surface area contributed by atoms with Gasteiger partial charge in [0.2, 0.25) is 0 Å². The number of furan rings is 1. The van der Waals surface area contributed by atoms with Crippen molar-refractivity contribution >= 4 is 11.0 Å². The van der Waals surface area contributed by atoms with E-state index in [1.807, 2.05) is 31.2 Å². The zero-order valence-electron chi connectivity index (χ0n) is 10.8. The fourth-order valence-electron chi connectivity index (χ4n) is 2.34. The Hall–Kier alpha value is -2.54. The minimum absolute atomic E-state index is 0.628. The molecule has 0 N–H and O–H groups in total. The van der Waals surface area contributed by atoms with Crippen molar-refractivity contribution < 1.29 is 4.42 Å². The molecule has 19 heavy (non-hydrogen) atoms. The highest BCUT2D eigenvalue weighted by atomic mass is 16.3. The zero-order valence-corrected chi connectivity index (χ0v) is 10.8. The molecule has 4 nitrogen and oxygen atoms in total. The number of nitrogens with zero attached hydrogens (tertiary/aromatic N) is 3. The van der Waals surface area contributed by atoms with Crippen LogP contribution in [0.25, 0.3) is 22.4 Å². The summed E-state index contributed by atoms with van der Waals surface area (Å²) in [5.74, 6) is 1.74. The Bertz CT molecular complexity index is 789. The third kappa shape index (κ3) is 1.71. The van der Waals surface area contributed by atoms with Crippen molar-refractivity contribution in [2.75, 3.05) is 0 Å². The molecule has 2 aromatic heterocycles. The summed E-state index contributed by atoms with van der Waals surface area (Å²) in [5, 5.41) is 8.96. The smallest absolute Gasteiger partial charge is 0.144 e. The maximum Gasteiger partial charge on any atom is 0.144 e. The van der Waals surface area contributed by atoms with Crippen LogP contribution in [0.1, 0.15) is 18.2 Å². The van der Waals surface area contributed by atoms with Gasteiger partial charge in [-0.05, 0) is 38.1 Å². The second-order valence-corrected chi connectivity index (χ2v) is 4.39. The summed E-state index contributed by atoms with van der Waals surface area (Å²) in [6, 6.07) is 9.66. The first-order valence-electron chi connectivity index (χ1n) is 6.19. The molecule has 0 amide bonds. The fraction of sp³-hybridized carbons (Fsp3) is 0.200. The van der Waals surface area contributed by atoms with Crippen molar-refractivity contribution in [3.05, 3.63) is 41.9 Å².